The van der Waals surface area contributed by atoms with Crippen LogP contribution in [0.5, 0.6) is 0 Å². The Bertz CT molecular complexity index is 178. The first-order valence-electron chi connectivity index (χ1n) is 6.00. The molecule has 0 nitrogen and oxygen atoms in total. The maximum absolute atomic E-state index is 12.4. The van der Waals surface area contributed by atoms with Crippen LogP contribution in [0.25, 0.3) is 0 Å². The number of alkyl halides is 3. The molecule has 1 aliphatic carbocycles. The lowest BCUT2D eigenvalue weighted by Crippen LogP contribution is -2.28. The Morgan fingerprint density at radius 3 is 2.07 bits per heavy atom. The molecule has 0 bridgehead atoms. The smallest absolute Gasteiger partial charge is 0.171 e. The highest BCUT2D eigenvalue weighted by atomic mass is 19.4. The van der Waals surface area contributed by atoms with Crippen molar-refractivity contribution in [3.63, 3.8) is 0 Å². The fourth-order valence-corrected chi connectivity index (χ4v) is 2.46. The molecule has 90 valence electrons. The van der Waals surface area contributed by atoms with Crippen molar-refractivity contribution >= 4 is 0 Å². The molecule has 1 atom stereocenters. The van der Waals surface area contributed by atoms with E-state index < -0.39 is 12.1 Å². The first-order chi connectivity index (χ1) is 6.93. The van der Waals surface area contributed by atoms with Crippen LogP contribution in [0.2, 0.25) is 0 Å². The number of hydrogen-bond donors (Lipinski definition) is 0. The SMILES string of the molecule is CC[C@H](C)CC1CCC(C(F)(F)F)CC1. The third-order valence-corrected chi connectivity index (χ3v) is 3.74. The van der Waals surface area contributed by atoms with Gasteiger partial charge < -0.3 is 0 Å². The Labute approximate surface area is 90.2 Å². The van der Waals surface area contributed by atoms with Crippen LogP contribution >= 0.6 is 0 Å². The lowest BCUT2D eigenvalue weighted by Gasteiger charge is -2.31. The molecule has 0 amide bonds. The fourth-order valence-electron chi connectivity index (χ4n) is 2.46. The predicted molar refractivity (Wildman–Crippen MR) is 55.6 cm³/mol. The second kappa shape index (κ2) is 5.22. The molecule has 0 saturated heterocycles. The highest BCUT2D eigenvalue weighted by Crippen LogP contribution is 2.41. The summed E-state index contributed by atoms with van der Waals surface area (Å²) in [7, 11) is 0. The van der Waals surface area contributed by atoms with Crippen molar-refractivity contribution in [1.29, 1.82) is 0 Å². The van der Waals surface area contributed by atoms with E-state index in [9.17, 15) is 13.2 Å². The third-order valence-electron chi connectivity index (χ3n) is 3.74. The maximum atomic E-state index is 12.4. The Morgan fingerprint density at radius 2 is 1.67 bits per heavy atom. The van der Waals surface area contributed by atoms with E-state index in [1.54, 1.807) is 0 Å². The minimum Gasteiger partial charge on any atom is -0.171 e. The molecule has 1 fully saturated rings. The van der Waals surface area contributed by atoms with E-state index in [2.05, 4.69) is 13.8 Å². The average molecular weight is 222 g/mol. The van der Waals surface area contributed by atoms with E-state index >= 15 is 0 Å². The average Bonchev–Trinajstić information content (AvgIpc) is 2.17. The molecule has 1 saturated carbocycles. The van der Waals surface area contributed by atoms with E-state index in [4.69, 9.17) is 0 Å². The van der Waals surface area contributed by atoms with Gasteiger partial charge >= 0.3 is 6.18 Å². The van der Waals surface area contributed by atoms with Crippen LogP contribution in [0.15, 0.2) is 0 Å². The van der Waals surface area contributed by atoms with Crippen LogP contribution in [-0.2, 0) is 0 Å². The summed E-state index contributed by atoms with van der Waals surface area (Å²) in [4.78, 5) is 0. The molecule has 0 aromatic heterocycles. The summed E-state index contributed by atoms with van der Waals surface area (Å²) in [5, 5.41) is 0. The fraction of sp³-hybridized carbons (Fsp3) is 1.00. The van der Waals surface area contributed by atoms with Gasteiger partial charge in [-0.2, -0.15) is 13.2 Å². The van der Waals surface area contributed by atoms with Gasteiger partial charge in [0.1, 0.15) is 0 Å². The normalized spacial score (nSPS) is 30.2. The van der Waals surface area contributed by atoms with Crippen molar-refractivity contribution in [2.24, 2.45) is 17.8 Å². The highest BCUT2D eigenvalue weighted by Gasteiger charge is 2.41. The molecule has 15 heavy (non-hydrogen) atoms. The molecule has 0 unspecified atom stereocenters. The summed E-state index contributed by atoms with van der Waals surface area (Å²) in [6.45, 7) is 4.34. The van der Waals surface area contributed by atoms with Gasteiger partial charge in [-0.15, -0.1) is 0 Å². The van der Waals surface area contributed by atoms with E-state index in [-0.39, 0.29) is 0 Å². The Morgan fingerprint density at radius 1 is 1.13 bits per heavy atom. The summed E-state index contributed by atoms with van der Waals surface area (Å²) >= 11 is 0. The van der Waals surface area contributed by atoms with Crippen LogP contribution in [0.4, 0.5) is 13.2 Å². The predicted octanol–water partition coefficient (Wildman–Crippen LogP) is 4.79. The highest BCUT2D eigenvalue weighted by molar-refractivity contribution is 4.77. The van der Waals surface area contributed by atoms with Gasteiger partial charge in [0.2, 0.25) is 0 Å². The minimum absolute atomic E-state index is 0.352. The molecule has 0 aliphatic heterocycles. The van der Waals surface area contributed by atoms with Gasteiger partial charge in [0, 0.05) is 0 Å². The molecule has 0 aromatic carbocycles. The molecule has 0 N–H and O–H groups in total. The van der Waals surface area contributed by atoms with E-state index in [1.807, 2.05) is 0 Å². The first-order valence-corrected chi connectivity index (χ1v) is 6.00. The number of rotatable bonds is 3. The van der Waals surface area contributed by atoms with Crippen molar-refractivity contribution in [3.05, 3.63) is 0 Å². The summed E-state index contributed by atoms with van der Waals surface area (Å²) in [6, 6.07) is 0. The van der Waals surface area contributed by atoms with Crippen LogP contribution < -0.4 is 0 Å². The molecule has 0 radical (unpaired) electrons. The molecular weight excluding hydrogens is 201 g/mol. The van der Waals surface area contributed by atoms with Gasteiger partial charge in [-0.1, -0.05) is 20.3 Å². The number of halogens is 3. The van der Waals surface area contributed by atoms with Crippen molar-refractivity contribution in [1.82, 2.24) is 0 Å². The second-order valence-electron chi connectivity index (χ2n) is 5.01. The summed E-state index contributed by atoms with van der Waals surface area (Å²) in [5.41, 5.74) is 0. The van der Waals surface area contributed by atoms with Gasteiger partial charge in [-0.05, 0) is 43.9 Å². The lowest BCUT2D eigenvalue weighted by molar-refractivity contribution is -0.184. The van der Waals surface area contributed by atoms with Gasteiger partial charge in [-0.25, -0.2) is 0 Å². The quantitative estimate of drug-likeness (QED) is 0.644. The zero-order valence-electron chi connectivity index (χ0n) is 9.61. The standard InChI is InChI=1S/C12H21F3/c1-3-9(2)8-10-4-6-11(7-5-10)12(13,14)15/h9-11H,3-8H2,1-2H3/t9-,10?,11?/m0/s1. The Kier molecular flexibility index (Phi) is 4.47. The van der Waals surface area contributed by atoms with E-state index in [0.717, 1.165) is 25.7 Å². The first kappa shape index (κ1) is 12.9. The molecule has 3 heteroatoms. The third kappa shape index (κ3) is 4.04. The largest absolute Gasteiger partial charge is 0.391 e. The van der Waals surface area contributed by atoms with Crippen molar-refractivity contribution < 1.29 is 13.2 Å². The van der Waals surface area contributed by atoms with Gasteiger partial charge in [0.15, 0.2) is 0 Å². The Balaban J connectivity index is 2.30. The van der Waals surface area contributed by atoms with E-state index in [1.165, 1.54) is 0 Å². The van der Waals surface area contributed by atoms with Crippen LogP contribution in [-0.4, -0.2) is 6.18 Å². The monoisotopic (exact) mass is 222 g/mol. The van der Waals surface area contributed by atoms with Crippen LogP contribution in [0.1, 0.15) is 52.4 Å². The van der Waals surface area contributed by atoms with E-state index in [0.29, 0.717) is 24.7 Å². The summed E-state index contributed by atoms with van der Waals surface area (Å²) in [5.74, 6) is 0.182. The second-order valence-corrected chi connectivity index (χ2v) is 5.01. The van der Waals surface area contributed by atoms with Crippen molar-refractivity contribution in [2.45, 2.75) is 58.5 Å². The summed E-state index contributed by atoms with van der Waals surface area (Å²) in [6.07, 6.45) is 0.542. The van der Waals surface area contributed by atoms with Crippen LogP contribution in [0, 0.1) is 17.8 Å². The molecule has 0 spiro atoms. The van der Waals surface area contributed by atoms with Gasteiger partial charge in [0.05, 0.1) is 5.92 Å². The molecular formula is C12H21F3. The lowest BCUT2D eigenvalue weighted by atomic mass is 9.78. The zero-order chi connectivity index (χ0) is 11.5. The minimum atomic E-state index is -3.96. The molecule has 1 rings (SSSR count). The van der Waals surface area contributed by atoms with Gasteiger partial charge in [0.25, 0.3) is 0 Å². The summed E-state index contributed by atoms with van der Waals surface area (Å²) < 4.78 is 37.2. The number of hydrogen-bond acceptors (Lipinski definition) is 0. The maximum Gasteiger partial charge on any atom is 0.391 e. The molecule has 0 aromatic rings. The molecule has 0 heterocycles. The zero-order valence-corrected chi connectivity index (χ0v) is 9.61. The van der Waals surface area contributed by atoms with Crippen molar-refractivity contribution in [3.8, 4) is 0 Å². The molecule has 1 aliphatic rings. The van der Waals surface area contributed by atoms with Gasteiger partial charge in [-0.3, -0.25) is 0 Å². The Hall–Kier alpha value is -0.210. The topological polar surface area (TPSA) is 0 Å². The van der Waals surface area contributed by atoms with Crippen LogP contribution in [0.3, 0.4) is 0 Å². The van der Waals surface area contributed by atoms with Crippen molar-refractivity contribution in [2.75, 3.05) is 0 Å².